The van der Waals surface area contributed by atoms with Crippen LogP contribution < -0.4 is 11.1 Å². The van der Waals surface area contributed by atoms with Crippen molar-refractivity contribution in [3.63, 3.8) is 0 Å². The molecule has 2 atom stereocenters. The number of nitrogens with zero attached hydrogens (tertiary/aromatic N) is 2. The highest BCUT2D eigenvalue weighted by atomic mass is 19.3. The van der Waals surface area contributed by atoms with Crippen molar-refractivity contribution in [2.45, 2.75) is 25.3 Å². The molecule has 1 aromatic carbocycles. The van der Waals surface area contributed by atoms with Crippen LogP contribution in [-0.4, -0.2) is 40.1 Å². The van der Waals surface area contributed by atoms with Crippen LogP contribution in [0.1, 0.15) is 35.3 Å². The molecule has 0 bridgehead atoms. The second-order valence-electron chi connectivity index (χ2n) is 7.17. The molecule has 10 heteroatoms. The van der Waals surface area contributed by atoms with Gasteiger partial charge in [-0.1, -0.05) is 19.1 Å². The van der Waals surface area contributed by atoms with E-state index in [0.717, 1.165) is 17.0 Å². The third-order valence-corrected chi connectivity index (χ3v) is 5.02. The molecule has 1 aliphatic rings. The van der Waals surface area contributed by atoms with E-state index >= 15 is 0 Å². The maximum absolute atomic E-state index is 14.4. The van der Waals surface area contributed by atoms with E-state index in [1.807, 2.05) is 0 Å². The van der Waals surface area contributed by atoms with E-state index < -0.39 is 47.8 Å². The highest BCUT2D eigenvalue weighted by Crippen LogP contribution is 2.43. The molecule has 0 saturated carbocycles. The summed E-state index contributed by atoms with van der Waals surface area (Å²) in [5.74, 6) is -7.67. The monoisotopic (exact) mass is 420 g/mol. The molecule has 1 saturated heterocycles. The number of alkyl halides is 2. The summed E-state index contributed by atoms with van der Waals surface area (Å²) in [6, 6.07) is 4.97. The number of benzene rings is 1. The molecule has 3 amide bonds. The number of amides is 3. The second kappa shape index (κ2) is 8.13. The van der Waals surface area contributed by atoms with Gasteiger partial charge in [0.15, 0.2) is 0 Å². The minimum Gasteiger partial charge on any atom is -0.366 e. The number of likely N-dealkylation sites (tertiary alicyclic amines) is 1. The summed E-state index contributed by atoms with van der Waals surface area (Å²) in [6.45, 7) is 0.931. The van der Waals surface area contributed by atoms with Gasteiger partial charge >= 0.3 is 11.8 Å². The van der Waals surface area contributed by atoms with E-state index in [1.165, 1.54) is 37.5 Å². The third-order valence-electron chi connectivity index (χ3n) is 5.02. The Hall–Kier alpha value is -3.43. The fourth-order valence-corrected chi connectivity index (χ4v) is 3.29. The summed E-state index contributed by atoms with van der Waals surface area (Å²) in [4.78, 5) is 41.4. The number of carbonyl (C=O) groups excluding carboxylic acids is 3. The Kier molecular flexibility index (Phi) is 5.77. The lowest BCUT2D eigenvalue weighted by atomic mass is 9.86. The van der Waals surface area contributed by atoms with Crippen LogP contribution in [0.5, 0.6) is 0 Å². The molecule has 0 unspecified atom stereocenters. The Morgan fingerprint density at radius 2 is 1.87 bits per heavy atom. The predicted molar refractivity (Wildman–Crippen MR) is 101 cm³/mol. The molecule has 2 aromatic rings. The Balaban J connectivity index is 1.85. The molecule has 3 N–H and O–H groups in total. The summed E-state index contributed by atoms with van der Waals surface area (Å²) in [6.07, 6.45) is 1.71. The van der Waals surface area contributed by atoms with E-state index in [9.17, 15) is 27.6 Å². The highest BCUT2D eigenvalue weighted by molar-refractivity contribution is 6.39. The Morgan fingerprint density at radius 1 is 1.20 bits per heavy atom. The molecule has 7 nitrogen and oxygen atoms in total. The minimum absolute atomic E-state index is 0.0238. The molecule has 30 heavy (non-hydrogen) atoms. The predicted octanol–water partition coefficient (Wildman–Crippen LogP) is 2.50. The van der Waals surface area contributed by atoms with Crippen LogP contribution in [0.15, 0.2) is 42.7 Å². The minimum atomic E-state index is -3.06. The van der Waals surface area contributed by atoms with Crippen LogP contribution in [0.25, 0.3) is 0 Å². The van der Waals surface area contributed by atoms with Crippen molar-refractivity contribution in [3.8, 4) is 0 Å². The normalized spacial score (nSPS) is 20.5. The van der Waals surface area contributed by atoms with Gasteiger partial charge in [0.2, 0.25) is 5.91 Å². The smallest absolute Gasteiger partial charge is 0.313 e. The van der Waals surface area contributed by atoms with Crippen LogP contribution >= 0.6 is 0 Å². The maximum atomic E-state index is 14.4. The van der Waals surface area contributed by atoms with E-state index in [2.05, 4.69) is 10.3 Å². The zero-order chi connectivity index (χ0) is 22.1. The average Bonchev–Trinajstić information content (AvgIpc) is 2.70. The Bertz CT molecular complexity index is 982. The van der Waals surface area contributed by atoms with E-state index in [4.69, 9.17) is 5.73 Å². The van der Waals surface area contributed by atoms with Gasteiger partial charge in [0, 0.05) is 25.1 Å². The summed E-state index contributed by atoms with van der Waals surface area (Å²) < 4.78 is 42.0. The van der Waals surface area contributed by atoms with Crippen molar-refractivity contribution in [2.24, 2.45) is 11.7 Å². The number of carbonyl (C=O) groups is 3. The number of nitrogens with two attached hydrogens (primary N) is 1. The number of rotatable bonds is 3. The summed E-state index contributed by atoms with van der Waals surface area (Å²) >= 11 is 0. The van der Waals surface area contributed by atoms with Gasteiger partial charge in [-0.2, -0.15) is 0 Å². The van der Waals surface area contributed by atoms with Crippen molar-refractivity contribution in [1.82, 2.24) is 9.88 Å². The van der Waals surface area contributed by atoms with Gasteiger partial charge in [0.1, 0.15) is 5.82 Å². The molecule has 3 rings (SSSR count). The van der Waals surface area contributed by atoms with Crippen LogP contribution in [0, 0.1) is 11.7 Å². The van der Waals surface area contributed by atoms with Gasteiger partial charge < -0.3 is 16.0 Å². The van der Waals surface area contributed by atoms with Crippen LogP contribution in [-0.2, 0) is 9.59 Å². The van der Waals surface area contributed by atoms with Crippen molar-refractivity contribution in [2.75, 3.05) is 11.9 Å². The number of aromatic nitrogens is 1. The maximum Gasteiger partial charge on any atom is 0.313 e. The number of primary amides is 1. The number of piperidine rings is 1. The molecule has 0 spiro atoms. The largest absolute Gasteiger partial charge is 0.366 e. The van der Waals surface area contributed by atoms with E-state index in [1.54, 1.807) is 0 Å². The molecule has 1 aliphatic heterocycles. The third kappa shape index (κ3) is 4.42. The number of hydrogen-bond donors (Lipinski definition) is 2. The number of anilines is 1. The molecule has 1 fully saturated rings. The first-order valence-electron chi connectivity index (χ1n) is 9.08. The van der Waals surface area contributed by atoms with Gasteiger partial charge in [-0.15, -0.1) is 0 Å². The van der Waals surface area contributed by atoms with Gasteiger partial charge in [-0.3, -0.25) is 19.4 Å². The van der Waals surface area contributed by atoms with Crippen LogP contribution in [0.2, 0.25) is 0 Å². The number of halogens is 3. The number of hydrogen-bond acceptors (Lipinski definition) is 4. The lowest BCUT2D eigenvalue weighted by Crippen LogP contribution is -2.52. The molecule has 158 valence electrons. The topological polar surface area (TPSA) is 105 Å². The first-order valence-corrected chi connectivity index (χ1v) is 9.08. The van der Waals surface area contributed by atoms with Crippen molar-refractivity contribution >= 4 is 23.4 Å². The summed E-state index contributed by atoms with van der Waals surface area (Å²) in [5, 5.41) is 2.30. The molecule has 1 aromatic heterocycles. The molecule has 2 heterocycles. The SMILES string of the molecule is C[C@H]1CN(C(=O)C(=O)Nc2cncc(C(N)=O)c2)[C@H](c2ccc(F)cc2)CC1(F)F. The molecular weight excluding hydrogens is 401 g/mol. The average molecular weight is 420 g/mol. The van der Waals surface area contributed by atoms with Crippen molar-refractivity contribution in [3.05, 3.63) is 59.7 Å². The lowest BCUT2D eigenvalue weighted by molar-refractivity contribution is -0.159. The fraction of sp³-hybridized carbons (Fsp3) is 0.300. The molecule has 0 radical (unpaired) electrons. The van der Waals surface area contributed by atoms with Crippen molar-refractivity contribution in [1.29, 1.82) is 0 Å². The van der Waals surface area contributed by atoms with Crippen LogP contribution in [0.3, 0.4) is 0 Å². The van der Waals surface area contributed by atoms with E-state index in [-0.39, 0.29) is 17.8 Å². The quantitative estimate of drug-likeness (QED) is 0.745. The zero-order valence-corrected chi connectivity index (χ0v) is 15.9. The summed E-state index contributed by atoms with van der Waals surface area (Å²) in [5.41, 5.74) is 5.53. The van der Waals surface area contributed by atoms with Gasteiger partial charge in [0.25, 0.3) is 5.92 Å². The van der Waals surface area contributed by atoms with Crippen molar-refractivity contribution < 1.29 is 27.6 Å². The zero-order valence-electron chi connectivity index (χ0n) is 15.9. The highest BCUT2D eigenvalue weighted by Gasteiger charge is 2.48. The second-order valence-corrected chi connectivity index (χ2v) is 7.17. The molecule has 0 aliphatic carbocycles. The Labute approximate surface area is 170 Å². The lowest BCUT2D eigenvalue weighted by Gasteiger charge is -2.42. The van der Waals surface area contributed by atoms with Gasteiger partial charge in [-0.25, -0.2) is 13.2 Å². The van der Waals surface area contributed by atoms with E-state index in [0.29, 0.717) is 5.56 Å². The molecular formula is C20H19F3N4O3. The van der Waals surface area contributed by atoms with Crippen LogP contribution in [0.4, 0.5) is 18.9 Å². The van der Waals surface area contributed by atoms with Gasteiger partial charge in [-0.05, 0) is 23.8 Å². The standard InChI is InChI=1S/C20H19F3N4O3/c1-11-10-27(16(7-20(11,22)23)12-2-4-14(21)5-3-12)19(30)18(29)26-15-6-13(17(24)28)8-25-9-15/h2-6,8-9,11,16H,7,10H2,1H3,(H2,24,28)(H,26,29)/t11-,16-/m0/s1. The number of pyridine rings is 1. The number of nitrogens with one attached hydrogen (secondary N) is 1. The van der Waals surface area contributed by atoms with Gasteiger partial charge in [0.05, 0.1) is 23.5 Å². The Morgan fingerprint density at radius 3 is 2.50 bits per heavy atom. The first kappa shape index (κ1) is 21.3. The fourth-order valence-electron chi connectivity index (χ4n) is 3.29. The summed E-state index contributed by atoms with van der Waals surface area (Å²) in [7, 11) is 0. The first-order chi connectivity index (χ1) is 14.1.